The van der Waals surface area contributed by atoms with Gasteiger partial charge in [0.15, 0.2) is 0 Å². The van der Waals surface area contributed by atoms with Gasteiger partial charge in [-0.15, -0.1) is 0 Å². The topological polar surface area (TPSA) is 12.5 Å². The maximum Gasteiger partial charge on any atom is 0.132 e. The van der Waals surface area contributed by atoms with Crippen LogP contribution in [0, 0.1) is 18.6 Å². The molecule has 1 aliphatic rings. The van der Waals surface area contributed by atoms with Gasteiger partial charge >= 0.3 is 0 Å². The Morgan fingerprint density at radius 2 is 2.15 bits per heavy atom. The summed E-state index contributed by atoms with van der Waals surface area (Å²) in [4.78, 5) is 0. The number of hydrogen-bond acceptors (Lipinski definition) is 1. The van der Waals surface area contributed by atoms with Crippen LogP contribution in [0.3, 0.4) is 0 Å². The molecule has 1 fully saturated rings. The first-order chi connectivity index (χ1) is 6.18. The average Bonchev–Trinajstić information content (AvgIpc) is 2.89. The zero-order chi connectivity index (χ0) is 9.42. The first-order valence-electron chi connectivity index (χ1n) is 4.23. The fourth-order valence-electron chi connectivity index (χ4n) is 1.32. The fraction of sp³-hybridized carbons (Fsp3) is 0.400. The predicted molar refractivity (Wildman–Crippen MR) is 44.5 cm³/mol. The number of ether oxygens (including phenoxy) is 1. The number of benzene rings is 1. The smallest absolute Gasteiger partial charge is 0.132 e. The average molecular weight is 184 g/mol. The highest BCUT2D eigenvalue weighted by Gasteiger charge is 2.26. The SMILES string of the molecule is Cc1ccc(F)c(CC2CO2)c1F. The summed E-state index contributed by atoms with van der Waals surface area (Å²) in [5.74, 6) is -0.908. The highest BCUT2D eigenvalue weighted by molar-refractivity contribution is 5.27. The summed E-state index contributed by atoms with van der Waals surface area (Å²) < 4.78 is 31.4. The normalized spacial score (nSPS) is 20.4. The molecule has 1 aromatic carbocycles. The van der Waals surface area contributed by atoms with Crippen LogP contribution in [0.2, 0.25) is 0 Å². The van der Waals surface area contributed by atoms with Gasteiger partial charge in [-0.3, -0.25) is 0 Å². The zero-order valence-corrected chi connectivity index (χ0v) is 7.31. The highest BCUT2D eigenvalue weighted by atomic mass is 19.1. The van der Waals surface area contributed by atoms with E-state index in [1.165, 1.54) is 12.1 Å². The molecule has 0 saturated carbocycles. The van der Waals surface area contributed by atoms with Crippen LogP contribution >= 0.6 is 0 Å². The van der Waals surface area contributed by atoms with Crippen LogP contribution < -0.4 is 0 Å². The van der Waals surface area contributed by atoms with E-state index in [2.05, 4.69) is 0 Å². The monoisotopic (exact) mass is 184 g/mol. The number of rotatable bonds is 2. The van der Waals surface area contributed by atoms with Crippen LogP contribution in [0.15, 0.2) is 12.1 Å². The molecule has 70 valence electrons. The van der Waals surface area contributed by atoms with Gasteiger partial charge < -0.3 is 4.74 Å². The Morgan fingerprint density at radius 3 is 2.77 bits per heavy atom. The lowest BCUT2D eigenvalue weighted by atomic mass is 10.1. The number of aryl methyl sites for hydroxylation is 1. The molecule has 1 heterocycles. The molecule has 0 bridgehead atoms. The Bertz CT molecular complexity index is 332. The van der Waals surface area contributed by atoms with Crippen molar-refractivity contribution >= 4 is 0 Å². The maximum atomic E-state index is 13.4. The first kappa shape index (κ1) is 8.63. The standard InChI is InChI=1S/C10H10F2O/c1-6-2-3-9(11)8(10(6)12)4-7-5-13-7/h2-3,7H,4-5H2,1H3. The second-order valence-corrected chi connectivity index (χ2v) is 3.32. The van der Waals surface area contributed by atoms with Gasteiger partial charge in [-0.1, -0.05) is 6.07 Å². The summed E-state index contributed by atoms with van der Waals surface area (Å²) in [5.41, 5.74) is 0.638. The number of hydrogen-bond donors (Lipinski definition) is 0. The molecule has 1 nitrogen and oxygen atoms in total. The van der Waals surface area contributed by atoms with E-state index in [9.17, 15) is 8.78 Å². The second-order valence-electron chi connectivity index (χ2n) is 3.32. The van der Waals surface area contributed by atoms with Crippen molar-refractivity contribution < 1.29 is 13.5 Å². The van der Waals surface area contributed by atoms with Crippen molar-refractivity contribution in [3.63, 3.8) is 0 Å². The van der Waals surface area contributed by atoms with E-state index in [0.29, 0.717) is 18.6 Å². The first-order valence-corrected chi connectivity index (χ1v) is 4.23. The largest absolute Gasteiger partial charge is 0.373 e. The fourth-order valence-corrected chi connectivity index (χ4v) is 1.32. The van der Waals surface area contributed by atoms with Crippen LogP contribution in [0.4, 0.5) is 8.78 Å². The summed E-state index contributed by atoms with van der Waals surface area (Å²) in [6.07, 6.45) is 0.366. The third kappa shape index (κ3) is 1.70. The van der Waals surface area contributed by atoms with Crippen molar-refractivity contribution in [3.05, 3.63) is 34.9 Å². The summed E-state index contributed by atoms with van der Waals surface area (Å²) in [6.45, 7) is 2.25. The molecule has 1 atom stereocenters. The van der Waals surface area contributed by atoms with Crippen molar-refractivity contribution in [2.24, 2.45) is 0 Å². The Hall–Kier alpha value is -0.960. The minimum Gasteiger partial charge on any atom is -0.373 e. The molecular weight excluding hydrogens is 174 g/mol. The summed E-state index contributed by atoms with van der Waals surface area (Å²) >= 11 is 0. The molecule has 13 heavy (non-hydrogen) atoms. The minimum atomic E-state index is -0.474. The van der Waals surface area contributed by atoms with Gasteiger partial charge in [0.2, 0.25) is 0 Å². The van der Waals surface area contributed by atoms with E-state index in [4.69, 9.17) is 4.74 Å². The third-order valence-electron chi connectivity index (χ3n) is 2.21. The van der Waals surface area contributed by atoms with Crippen LogP contribution in [0.1, 0.15) is 11.1 Å². The van der Waals surface area contributed by atoms with Crippen molar-refractivity contribution in [2.45, 2.75) is 19.4 Å². The van der Waals surface area contributed by atoms with E-state index in [1.807, 2.05) is 0 Å². The molecule has 0 spiro atoms. The predicted octanol–water partition coefficient (Wildman–Crippen LogP) is 2.21. The Kier molecular flexibility index (Phi) is 2.04. The van der Waals surface area contributed by atoms with Gasteiger partial charge in [0.25, 0.3) is 0 Å². The van der Waals surface area contributed by atoms with E-state index < -0.39 is 11.6 Å². The van der Waals surface area contributed by atoms with Gasteiger partial charge in [-0.2, -0.15) is 0 Å². The molecule has 1 aliphatic heterocycles. The molecule has 0 aliphatic carbocycles. The molecule has 1 saturated heterocycles. The Labute approximate surface area is 75.3 Å². The molecule has 1 unspecified atom stereocenters. The molecular formula is C10H10F2O. The van der Waals surface area contributed by atoms with Crippen molar-refractivity contribution in [1.82, 2.24) is 0 Å². The van der Waals surface area contributed by atoms with Crippen LogP contribution in [0.25, 0.3) is 0 Å². The lowest BCUT2D eigenvalue weighted by Crippen LogP contribution is -2.02. The van der Waals surface area contributed by atoms with E-state index in [0.717, 1.165) is 0 Å². The lowest BCUT2D eigenvalue weighted by Gasteiger charge is -2.04. The van der Waals surface area contributed by atoms with Gasteiger partial charge in [0.1, 0.15) is 11.6 Å². The summed E-state index contributed by atoms with van der Waals surface area (Å²) in [7, 11) is 0. The summed E-state index contributed by atoms with van der Waals surface area (Å²) in [6, 6.07) is 2.75. The van der Waals surface area contributed by atoms with E-state index >= 15 is 0 Å². The van der Waals surface area contributed by atoms with Gasteiger partial charge in [-0.25, -0.2) is 8.78 Å². The number of epoxide rings is 1. The Morgan fingerprint density at radius 1 is 1.46 bits per heavy atom. The molecule has 0 radical (unpaired) electrons. The molecule has 3 heteroatoms. The van der Waals surface area contributed by atoms with Crippen LogP contribution in [-0.2, 0) is 11.2 Å². The van der Waals surface area contributed by atoms with Gasteiger partial charge in [0.05, 0.1) is 12.7 Å². The van der Waals surface area contributed by atoms with Crippen molar-refractivity contribution in [3.8, 4) is 0 Å². The Balaban J connectivity index is 2.34. The minimum absolute atomic E-state index is 0.0193. The van der Waals surface area contributed by atoms with Crippen LogP contribution in [0.5, 0.6) is 0 Å². The highest BCUT2D eigenvalue weighted by Crippen LogP contribution is 2.22. The quantitative estimate of drug-likeness (QED) is 0.642. The summed E-state index contributed by atoms with van der Waals surface area (Å²) in [5, 5.41) is 0. The molecule has 0 aromatic heterocycles. The number of halogens is 2. The van der Waals surface area contributed by atoms with Crippen molar-refractivity contribution in [2.75, 3.05) is 6.61 Å². The molecule has 2 rings (SSSR count). The third-order valence-corrected chi connectivity index (χ3v) is 2.21. The second kappa shape index (κ2) is 3.07. The maximum absolute atomic E-state index is 13.4. The molecule has 0 amide bonds. The lowest BCUT2D eigenvalue weighted by molar-refractivity contribution is 0.400. The zero-order valence-electron chi connectivity index (χ0n) is 7.31. The molecule has 0 N–H and O–H groups in total. The van der Waals surface area contributed by atoms with E-state index in [-0.39, 0.29) is 11.7 Å². The van der Waals surface area contributed by atoms with Crippen molar-refractivity contribution in [1.29, 1.82) is 0 Å². The van der Waals surface area contributed by atoms with E-state index in [1.54, 1.807) is 6.92 Å². The van der Waals surface area contributed by atoms with Gasteiger partial charge in [0, 0.05) is 12.0 Å². The molecule has 1 aromatic rings. The van der Waals surface area contributed by atoms with Crippen LogP contribution in [-0.4, -0.2) is 12.7 Å². The van der Waals surface area contributed by atoms with Gasteiger partial charge in [-0.05, 0) is 18.6 Å².